The van der Waals surface area contributed by atoms with Crippen LogP contribution >= 0.6 is 0 Å². The Balaban J connectivity index is 3.69. The molecule has 0 atom stereocenters. The third kappa shape index (κ3) is 3.74. The van der Waals surface area contributed by atoms with Gasteiger partial charge in [0.1, 0.15) is 0 Å². The molecule has 4 nitrogen and oxygen atoms in total. The first-order valence-corrected chi connectivity index (χ1v) is 2.43. The zero-order valence-corrected chi connectivity index (χ0v) is 5.30. The van der Waals surface area contributed by atoms with Gasteiger partial charge < -0.3 is 0 Å². The van der Waals surface area contributed by atoms with Gasteiger partial charge in [0.2, 0.25) is 0 Å². The lowest BCUT2D eigenvalue weighted by Gasteiger charge is -2.00. The maximum atomic E-state index is 11.2. The standard InChI is InChI=1S/C4H2F4O4/c5-1(6)3(9)11-12-4(10)2(7)8/h1-2H. The largest absolute Gasteiger partial charge is 0.421 e. The molecule has 0 N–H and O–H groups in total. The third-order valence-electron chi connectivity index (χ3n) is 0.562. The summed E-state index contributed by atoms with van der Waals surface area (Å²) in [5.41, 5.74) is 0. The minimum Gasteiger partial charge on any atom is -0.241 e. The van der Waals surface area contributed by atoms with Crippen LogP contribution in [0.25, 0.3) is 0 Å². The monoisotopic (exact) mass is 190 g/mol. The molecule has 0 amide bonds. The Hall–Kier alpha value is -1.34. The SMILES string of the molecule is O=C(OOC(=O)C(F)F)C(F)F. The van der Waals surface area contributed by atoms with Gasteiger partial charge in [0.05, 0.1) is 0 Å². The van der Waals surface area contributed by atoms with Gasteiger partial charge in [0, 0.05) is 0 Å². The minimum absolute atomic E-state index is 2.20. The molecule has 0 saturated heterocycles. The zero-order chi connectivity index (χ0) is 9.72. The van der Waals surface area contributed by atoms with Gasteiger partial charge in [0.25, 0.3) is 0 Å². The van der Waals surface area contributed by atoms with E-state index in [1.807, 2.05) is 0 Å². The van der Waals surface area contributed by atoms with Crippen LogP contribution in [0.4, 0.5) is 17.6 Å². The van der Waals surface area contributed by atoms with Crippen molar-refractivity contribution < 1.29 is 36.9 Å². The number of carbonyl (C=O) groups excluding carboxylic acids is 2. The highest BCUT2D eigenvalue weighted by Crippen LogP contribution is 2.00. The van der Waals surface area contributed by atoms with Crippen molar-refractivity contribution in [3.63, 3.8) is 0 Å². The second-order valence-corrected chi connectivity index (χ2v) is 1.41. The maximum Gasteiger partial charge on any atom is 0.421 e. The number of halogens is 4. The van der Waals surface area contributed by atoms with Crippen LogP contribution in [0, 0.1) is 0 Å². The number of hydrogen-bond acceptors (Lipinski definition) is 4. The molecule has 0 aliphatic rings. The van der Waals surface area contributed by atoms with Crippen molar-refractivity contribution in [3.05, 3.63) is 0 Å². The fourth-order valence-electron chi connectivity index (χ4n) is 0.155. The zero-order valence-electron chi connectivity index (χ0n) is 5.30. The van der Waals surface area contributed by atoms with E-state index in [9.17, 15) is 27.2 Å². The summed E-state index contributed by atoms with van der Waals surface area (Å²) in [6.07, 6.45) is -7.06. The molecule has 0 bridgehead atoms. The lowest BCUT2D eigenvalue weighted by molar-refractivity contribution is -0.272. The van der Waals surface area contributed by atoms with Crippen molar-refractivity contribution in [2.24, 2.45) is 0 Å². The summed E-state index contributed by atoms with van der Waals surface area (Å²) in [7, 11) is 0. The molecule has 0 fully saturated rings. The summed E-state index contributed by atoms with van der Waals surface area (Å²) < 4.78 is 44.9. The Morgan fingerprint density at radius 1 is 0.833 bits per heavy atom. The van der Waals surface area contributed by atoms with Crippen LogP contribution in [0.15, 0.2) is 0 Å². The summed E-state index contributed by atoms with van der Waals surface area (Å²) in [4.78, 5) is 25.6. The lowest BCUT2D eigenvalue weighted by atomic mass is 10.7. The van der Waals surface area contributed by atoms with E-state index in [0.29, 0.717) is 0 Å². The molecule has 70 valence electrons. The van der Waals surface area contributed by atoms with E-state index in [4.69, 9.17) is 0 Å². The van der Waals surface area contributed by atoms with E-state index < -0.39 is 24.8 Å². The molecular formula is C4H2F4O4. The van der Waals surface area contributed by atoms with Gasteiger partial charge in [-0.1, -0.05) is 0 Å². The Morgan fingerprint density at radius 2 is 1.08 bits per heavy atom. The molecule has 8 heteroatoms. The van der Waals surface area contributed by atoms with E-state index in [-0.39, 0.29) is 0 Å². The molecule has 0 heterocycles. The van der Waals surface area contributed by atoms with Crippen LogP contribution in [0.2, 0.25) is 0 Å². The predicted octanol–water partition coefficient (Wildman–Crippen LogP) is 0.518. The molecule has 0 aromatic carbocycles. The van der Waals surface area contributed by atoms with Gasteiger partial charge in [-0.25, -0.2) is 19.4 Å². The first-order valence-electron chi connectivity index (χ1n) is 2.43. The highest BCUT2D eigenvalue weighted by Gasteiger charge is 2.24. The van der Waals surface area contributed by atoms with Crippen molar-refractivity contribution in [1.82, 2.24) is 0 Å². The summed E-state index contributed by atoms with van der Waals surface area (Å²) >= 11 is 0. The number of carbonyl (C=O) groups is 2. The predicted molar refractivity (Wildman–Crippen MR) is 24.2 cm³/mol. The van der Waals surface area contributed by atoms with Gasteiger partial charge in [-0.15, -0.1) is 0 Å². The van der Waals surface area contributed by atoms with Crippen LogP contribution in [-0.4, -0.2) is 24.8 Å². The lowest BCUT2D eigenvalue weighted by Crippen LogP contribution is -2.21. The molecular weight excluding hydrogens is 188 g/mol. The van der Waals surface area contributed by atoms with Crippen molar-refractivity contribution in [1.29, 1.82) is 0 Å². The molecule has 0 aromatic rings. The molecule has 0 aromatic heterocycles. The fourth-order valence-corrected chi connectivity index (χ4v) is 0.155. The second kappa shape index (κ2) is 4.52. The molecule has 0 spiro atoms. The molecule has 0 rings (SSSR count). The van der Waals surface area contributed by atoms with E-state index in [1.54, 1.807) is 0 Å². The van der Waals surface area contributed by atoms with E-state index in [0.717, 1.165) is 0 Å². The summed E-state index contributed by atoms with van der Waals surface area (Å²) in [5.74, 6) is -4.41. The van der Waals surface area contributed by atoms with Crippen LogP contribution in [0.1, 0.15) is 0 Å². The summed E-state index contributed by atoms with van der Waals surface area (Å²) in [6.45, 7) is 0. The smallest absolute Gasteiger partial charge is 0.241 e. The quantitative estimate of drug-likeness (QED) is 0.361. The molecule has 12 heavy (non-hydrogen) atoms. The Bertz CT molecular complexity index is 160. The molecule has 0 aliphatic carbocycles. The van der Waals surface area contributed by atoms with Gasteiger partial charge in [-0.2, -0.15) is 17.6 Å². The highest BCUT2D eigenvalue weighted by molar-refractivity contribution is 5.76. The van der Waals surface area contributed by atoms with Crippen LogP contribution < -0.4 is 0 Å². The fraction of sp³-hybridized carbons (Fsp3) is 0.500. The van der Waals surface area contributed by atoms with Crippen molar-refractivity contribution in [2.45, 2.75) is 12.9 Å². The van der Waals surface area contributed by atoms with E-state index >= 15 is 0 Å². The van der Waals surface area contributed by atoms with Crippen LogP contribution in [-0.2, 0) is 19.4 Å². The molecule has 0 aliphatic heterocycles. The molecule has 0 radical (unpaired) electrons. The van der Waals surface area contributed by atoms with Gasteiger partial charge in [-0.3, -0.25) is 0 Å². The molecule has 0 unspecified atom stereocenters. The number of hydrogen-bond donors (Lipinski definition) is 0. The number of rotatable bonds is 2. The van der Waals surface area contributed by atoms with Crippen molar-refractivity contribution in [3.8, 4) is 0 Å². The second-order valence-electron chi connectivity index (χ2n) is 1.41. The highest BCUT2D eigenvalue weighted by atomic mass is 19.3. The van der Waals surface area contributed by atoms with E-state index in [1.165, 1.54) is 0 Å². The Morgan fingerprint density at radius 3 is 1.25 bits per heavy atom. The Kier molecular flexibility index (Phi) is 4.02. The van der Waals surface area contributed by atoms with Gasteiger partial charge in [-0.05, 0) is 0 Å². The third-order valence-corrected chi connectivity index (χ3v) is 0.562. The average Bonchev–Trinajstić information content (AvgIpc) is 1.98. The van der Waals surface area contributed by atoms with Crippen molar-refractivity contribution >= 4 is 11.9 Å². The van der Waals surface area contributed by atoms with Crippen LogP contribution in [0.3, 0.4) is 0 Å². The number of alkyl halides is 4. The normalized spacial score (nSPS) is 10.2. The van der Waals surface area contributed by atoms with Crippen LogP contribution in [0.5, 0.6) is 0 Å². The van der Waals surface area contributed by atoms with Crippen molar-refractivity contribution in [2.75, 3.05) is 0 Å². The van der Waals surface area contributed by atoms with E-state index in [2.05, 4.69) is 9.78 Å². The first-order chi connectivity index (χ1) is 5.45. The van der Waals surface area contributed by atoms with Gasteiger partial charge in [0.15, 0.2) is 0 Å². The maximum absolute atomic E-state index is 11.2. The summed E-state index contributed by atoms with van der Waals surface area (Å²) in [6, 6.07) is 0. The minimum atomic E-state index is -3.53. The topological polar surface area (TPSA) is 52.6 Å². The molecule has 0 saturated carbocycles. The summed E-state index contributed by atoms with van der Waals surface area (Å²) in [5, 5.41) is 0. The first kappa shape index (κ1) is 10.7. The van der Waals surface area contributed by atoms with Gasteiger partial charge >= 0.3 is 24.8 Å². The average molecular weight is 190 g/mol. The Labute approximate surface area is 63.0 Å².